The number of hydrogen-bond acceptors (Lipinski definition) is 9. The minimum atomic E-state index is -3.86. The molecule has 1 aliphatic heterocycles. The highest BCUT2D eigenvalue weighted by Gasteiger charge is 2.28. The van der Waals surface area contributed by atoms with Crippen molar-refractivity contribution in [2.45, 2.75) is 26.3 Å². The van der Waals surface area contributed by atoms with Crippen LogP contribution in [0.5, 0.6) is 0 Å². The van der Waals surface area contributed by atoms with Crippen molar-refractivity contribution in [3.05, 3.63) is 65.7 Å². The summed E-state index contributed by atoms with van der Waals surface area (Å²) >= 11 is 0. The maximum absolute atomic E-state index is 12.7. The number of anilines is 1. The molecule has 1 fully saturated rings. The van der Waals surface area contributed by atoms with Gasteiger partial charge in [-0.3, -0.25) is 24.6 Å². The third-order valence-corrected chi connectivity index (χ3v) is 7.48. The second-order valence-electron chi connectivity index (χ2n) is 9.50. The van der Waals surface area contributed by atoms with E-state index in [-0.39, 0.29) is 50.2 Å². The van der Waals surface area contributed by atoms with E-state index in [1.807, 2.05) is 35.2 Å². The van der Waals surface area contributed by atoms with Crippen LogP contribution in [0.25, 0.3) is 0 Å². The lowest BCUT2D eigenvalue weighted by atomic mass is 10.1. The van der Waals surface area contributed by atoms with Gasteiger partial charge < -0.3 is 30.7 Å². The maximum atomic E-state index is 12.7. The van der Waals surface area contributed by atoms with Gasteiger partial charge in [0.25, 0.3) is 5.97 Å². The Morgan fingerprint density at radius 3 is 2.28 bits per heavy atom. The molecule has 0 unspecified atom stereocenters. The smallest absolute Gasteiger partial charge is 0.325 e. The Hall–Kier alpha value is -4.50. The molecule has 3 rings (SSSR count). The van der Waals surface area contributed by atoms with Gasteiger partial charge in [-0.1, -0.05) is 30.3 Å². The SMILES string of the molecule is CC(=O)O.CCOC(=O)[C@H](CNC(=O)CN1CCN(c2ccc(C(=N)N)cc2)CC1=O)NS(=O)(=O)CCc1ccccc1. The fourth-order valence-corrected chi connectivity index (χ4v) is 5.22. The van der Waals surface area contributed by atoms with E-state index >= 15 is 0 Å². The minimum absolute atomic E-state index is 0.0429. The number of aryl methyl sites for hydroxylation is 1. The Bertz CT molecular complexity index is 1370. The van der Waals surface area contributed by atoms with Crippen molar-refractivity contribution in [1.82, 2.24) is 14.9 Å². The van der Waals surface area contributed by atoms with Crippen LogP contribution in [-0.4, -0.2) is 99.1 Å². The predicted octanol–water partition coefficient (Wildman–Crippen LogP) is -0.0798. The predicted molar refractivity (Wildman–Crippen MR) is 160 cm³/mol. The van der Waals surface area contributed by atoms with Crippen molar-refractivity contribution in [3.8, 4) is 0 Å². The quantitative estimate of drug-likeness (QED) is 0.114. The summed E-state index contributed by atoms with van der Waals surface area (Å²) in [4.78, 5) is 49.9. The third-order valence-electron chi connectivity index (χ3n) is 6.10. The number of ether oxygens (including phenoxy) is 1. The summed E-state index contributed by atoms with van der Waals surface area (Å²) in [6, 6.07) is 14.7. The minimum Gasteiger partial charge on any atom is -0.481 e. The van der Waals surface area contributed by atoms with Crippen LogP contribution in [0.4, 0.5) is 5.69 Å². The summed E-state index contributed by atoms with van der Waals surface area (Å²) < 4.78 is 32.5. The molecule has 1 saturated heterocycles. The number of nitrogens with one attached hydrogen (secondary N) is 3. The number of carbonyl (C=O) groups excluding carboxylic acids is 3. The number of carbonyl (C=O) groups is 4. The van der Waals surface area contributed by atoms with Gasteiger partial charge in [0.15, 0.2) is 0 Å². The summed E-state index contributed by atoms with van der Waals surface area (Å²) in [5.74, 6) is -2.70. The number of esters is 1. The number of sulfonamides is 1. The Balaban J connectivity index is 0.00000151. The first-order chi connectivity index (χ1) is 20.3. The van der Waals surface area contributed by atoms with Crippen molar-refractivity contribution < 1.29 is 37.4 Å². The Labute approximate surface area is 250 Å². The number of aliphatic carboxylic acids is 1. The summed E-state index contributed by atoms with van der Waals surface area (Å²) in [6.45, 7) is 3.04. The van der Waals surface area contributed by atoms with Crippen LogP contribution in [0.15, 0.2) is 54.6 Å². The van der Waals surface area contributed by atoms with E-state index < -0.39 is 33.9 Å². The van der Waals surface area contributed by atoms with Gasteiger partial charge in [0.05, 0.1) is 25.4 Å². The van der Waals surface area contributed by atoms with Gasteiger partial charge in [-0.05, 0) is 43.2 Å². The standard InChI is InChI=1S/C26H34N6O6S.C2H4O2/c1-2-38-26(35)22(30-39(36,37)15-12-19-6-4-3-5-7-19)16-29-23(33)17-32-14-13-31(18-24(32)34)21-10-8-20(9-11-21)25(27)28;1-2(3)4/h3-11,22,30H,2,12-18H2,1H3,(H3,27,28)(H,29,33);1H3,(H,3,4)/t22-;/m0./s1. The number of carboxylic acid groups (broad SMARTS) is 1. The first kappa shape index (κ1) is 34.7. The van der Waals surface area contributed by atoms with Crippen LogP contribution < -0.4 is 20.7 Å². The van der Waals surface area contributed by atoms with Gasteiger partial charge in [-0.2, -0.15) is 4.72 Å². The lowest BCUT2D eigenvalue weighted by molar-refractivity contribution is -0.145. The van der Waals surface area contributed by atoms with Crippen LogP contribution in [0.3, 0.4) is 0 Å². The fourth-order valence-electron chi connectivity index (χ4n) is 3.98. The van der Waals surface area contributed by atoms with Crippen LogP contribution in [0.1, 0.15) is 25.0 Å². The number of carboxylic acids is 1. The summed E-state index contributed by atoms with van der Waals surface area (Å²) in [7, 11) is -3.86. The third kappa shape index (κ3) is 12.5. The van der Waals surface area contributed by atoms with Gasteiger partial charge in [0, 0.05) is 37.8 Å². The molecule has 43 heavy (non-hydrogen) atoms. The molecule has 1 heterocycles. The van der Waals surface area contributed by atoms with E-state index in [2.05, 4.69) is 10.0 Å². The van der Waals surface area contributed by atoms with Gasteiger partial charge in [-0.25, -0.2) is 8.42 Å². The maximum Gasteiger partial charge on any atom is 0.325 e. The molecule has 0 radical (unpaired) electrons. The Kier molecular flexibility index (Phi) is 13.6. The highest BCUT2D eigenvalue weighted by molar-refractivity contribution is 7.89. The molecule has 1 aliphatic rings. The highest BCUT2D eigenvalue weighted by Crippen LogP contribution is 2.17. The molecular weight excluding hydrogens is 580 g/mol. The van der Waals surface area contributed by atoms with E-state index in [9.17, 15) is 22.8 Å². The number of hydrogen-bond donors (Lipinski definition) is 5. The number of amidine groups is 1. The zero-order valence-electron chi connectivity index (χ0n) is 24.1. The lowest BCUT2D eigenvalue weighted by Crippen LogP contribution is -2.54. The molecular formula is C28H38N6O8S. The molecule has 2 aromatic carbocycles. The Morgan fingerprint density at radius 1 is 1.09 bits per heavy atom. The molecule has 15 heteroatoms. The molecule has 1 atom stereocenters. The summed E-state index contributed by atoms with van der Waals surface area (Å²) in [5.41, 5.74) is 7.70. The zero-order chi connectivity index (χ0) is 32.0. The Morgan fingerprint density at radius 2 is 1.72 bits per heavy atom. The van der Waals surface area contributed by atoms with E-state index in [4.69, 9.17) is 25.8 Å². The molecule has 14 nitrogen and oxygen atoms in total. The first-order valence-corrected chi connectivity index (χ1v) is 15.1. The first-order valence-electron chi connectivity index (χ1n) is 13.4. The van der Waals surface area contributed by atoms with Crippen LogP contribution in [0, 0.1) is 5.41 Å². The number of nitrogens with two attached hydrogens (primary N) is 1. The van der Waals surface area contributed by atoms with Gasteiger partial charge in [0.1, 0.15) is 11.9 Å². The number of rotatable bonds is 13. The topological polar surface area (TPSA) is 212 Å². The molecule has 6 N–H and O–H groups in total. The average molecular weight is 619 g/mol. The zero-order valence-corrected chi connectivity index (χ0v) is 24.9. The molecule has 0 bridgehead atoms. The average Bonchev–Trinajstić information content (AvgIpc) is 2.95. The number of amides is 2. The second-order valence-corrected chi connectivity index (χ2v) is 11.4. The molecule has 0 aliphatic carbocycles. The summed E-state index contributed by atoms with van der Waals surface area (Å²) in [5, 5.41) is 17.4. The highest BCUT2D eigenvalue weighted by atomic mass is 32.2. The van der Waals surface area contributed by atoms with Gasteiger partial charge in [-0.15, -0.1) is 0 Å². The van der Waals surface area contributed by atoms with Gasteiger partial charge >= 0.3 is 5.97 Å². The lowest BCUT2D eigenvalue weighted by Gasteiger charge is -2.35. The molecule has 2 amide bonds. The molecule has 2 aromatic rings. The normalized spacial score (nSPS) is 13.8. The number of benzene rings is 2. The van der Waals surface area contributed by atoms with Crippen molar-refractivity contribution >= 4 is 45.3 Å². The second kappa shape index (κ2) is 16.8. The van der Waals surface area contributed by atoms with E-state index in [0.29, 0.717) is 18.7 Å². The molecule has 0 aromatic heterocycles. The van der Waals surface area contributed by atoms with Crippen LogP contribution in [-0.2, 0) is 40.4 Å². The van der Waals surface area contributed by atoms with Crippen molar-refractivity contribution in [2.75, 3.05) is 50.0 Å². The molecule has 0 saturated carbocycles. The monoisotopic (exact) mass is 618 g/mol. The number of piperazine rings is 1. The largest absolute Gasteiger partial charge is 0.481 e. The van der Waals surface area contributed by atoms with Crippen molar-refractivity contribution in [3.63, 3.8) is 0 Å². The van der Waals surface area contributed by atoms with Crippen molar-refractivity contribution in [2.24, 2.45) is 5.73 Å². The van der Waals surface area contributed by atoms with Crippen LogP contribution >= 0.6 is 0 Å². The van der Waals surface area contributed by atoms with E-state index in [1.54, 1.807) is 31.2 Å². The van der Waals surface area contributed by atoms with E-state index in [1.165, 1.54) is 4.90 Å². The summed E-state index contributed by atoms with van der Waals surface area (Å²) in [6.07, 6.45) is 0.257. The number of nitrogen functional groups attached to an aromatic ring is 1. The van der Waals surface area contributed by atoms with Gasteiger partial charge in [0.2, 0.25) is 21.8 Å². The number of nitrogens with zero attached hydrogens (tertiary/aromatic N) is 2. The van der Waals surface area contributed by atoms with E-state index in [0.717, 1.165) is 18.2 Å². The van der Waals surface area contributed by atoms with Crippen LogP contribution in [0.2, 0.25) is 0 Å². The molecule has 0 spiro atoms. The van der Waals surface area contributed by atoms with Crippen molar-refractivity contribution in [1.29, 1.82) is 5.41 Å². The fraction of sp³-hybridized carbons (Fsp3) is 0.393. The molecule has 234 valence electrons.